The fraction of sp³-hybridized carbons (Fsp3) is 0.412. The molecule has 108 valence electrons. The summed E-state index contributed by atoms with van der Waals surface area (Å²) in [4.78, 5) is 12.5. The molecule has 1 saturated carbocycles. The van der Waals surface area contributed by atoms with Crippen molar-refractivity contribution >= 4 is 11.7 Å². The number of H-pyrrole nitrogens is 1. The van der Waals surface area contributed by atoms with Crippen LogP contribution in [0.5, 0.6) is 0 Å². The fourth-order valence-electron chi connectivity index (χ4n) is 3.27. The highest BCUT2D eigenvalue weighted by Crippen LogP contribution is 2.41. The Morgan fingerprint density at radius 2 is 1.90 bits per heavy atom. The zero-order valence-corrected chi connectivity index (χ0v) is 12.1. The lowest BCUT2D eigenvalue weighted by Gasteiger charge is -2.09. The molecule has 1 amide bonds. The SMILES string of the molecule is Cc1c(NC(=O)C2Cc3ccccc3C2)n[nH]c1C1CC1. The molecule has 1 fully saturated rings. The van der Waals surface area contributed by atoms with E-state index in [1.807, 2.05) is 19.1 Å². The molecule has 2 aliphatic rings. The van der Waals surface area contributed by atoms with Crippen molar-refractivity contribution in [3.8, 4) is 0 Å². The molecule has 0 aliphatic heterocycles. The highest BCUT2D eigenvalue weighted by atomic mass is 16.2. The number of rotatable bonds is 3. The molecule has 1 aromatic carbocycles. The van der Waals surface area contributed by atoms with Crippen molar-refractivity contribution in [3.05, 3.63) is 46.6 Å². The monoisotopic (exact) mass is 281 g/mol. The van der Waals surface area contributed by atoms with Gasteiger partial charge in [-0.2, -0.15) is 5.10 Å². The van der Waals surface area contributed by atoms with Crippen LogP contribution in [0.25, 0.3) is 0 Å². The predicted molar refractivity (Wildman–Crippen MR) is 81.3 cm³/mol. The van der Waals surface area contributed by atoms with E-state index < -0.39 is 0 Å². The zero-order chi connectivity index (χ0) is 14.4. The van der Waals surface area contributed by atoms with Gasteiger partial charge >= 0.3 is 0 Å². The first-order chi connectivity index (χ1) is 10.2. The number of carbonyl (C=O) groups is 1. The molecule has 4 heteroatoms. The van der Waals surface area contributed by atoms with Crippen LogP contribution < -0.4 is 5.32 Å². The minimum atomic E-state index is 0.0304. The number of anilines is 1. The Kier molecular flexibility index (Phi) is 2.84. The maximum Gasteiger partial charge on any atom is 0.229 e. The Morgan fingerprint density at radius 1 is 1.24 bits per heavy atom. The van der Waals surface area contributed by atoms with E-state index in [-0.39, 0.29) is 11.8 Å². The van der Waals surface area contributed by atoms with Crippen LogP contribution in [-0.2, 0) is 17.6 Å². The summed E-state index contributed by atoms with van der Waals surface area (Å²) in [5, 5.41) is 10.4. The van der Waals surface area contributed by atoms with E-state index in [9.17, 15) is 4.79 Å². The first-order valence-electron chi connectivity index (χ1n) is 7.65. The Balaban J connectivity index is 1.47. The van der Waals surface area contributed by atoms with Crippen LogP contribution in [0, 0.1) is 12.8 Å². The Morgan fingerprint density at radius 3 is 2.52 bits per heavy atom. The van der Waals surface area contributed by atoms with Crippen LogP contribution >= 0.6 is 0 Å². The standard InChI is InChI=1S/C17H19N3O/c1-10-15(11-6-7-11)19-20-16(10)18-17(21)14-8-12-4-2-3-5-13(12)9-14/h2-5,11,14H,6-9H2,1H3,(H2,18,19,20,21). The molecular weight excluding hydrogens is 262 g/mol. The third-order valence-electron chi connectivity index (χ3n) is 4.70. The number of hydrogen-bond donors (Lipinski definition) is 2. The maximum atomic E-state index is 12.5. The number of nitrogens with one attached hydrogen (secondary N) is 2. The molecule has 2 N–H and O–H groups in total. The second-order valence-corrected chi connectivity index (χ2v) is 6.25. The summed E-state index contributed by atoms with van der Waals surface area (Å²) >= 11 is 0. The van der Waals surface area contributed by atoms with Gasteiger partial charge < -0.3 is 5.32 Å². The van der Waals surface area contributed by atoms with Crippen LogP contribution in [0.3, 0.4) is 0 Å². The first-order valence-corrected chi connectivity index (χ1v) is 7.65. The van der Waals surface area contributed by atoms with Crippen molar-refractivity contribution < 1.29 is 4.79 Å². The Hall–Kier alpha value is -2.10. The van der Waals surface area contributed by atoms with E-state index in [0.29, 0.717) is 11.7 Å². The van der Waals surface area contributed by atoms with E-state index >= 15 is 0 Å². The smallest absolute Gasteiger partial charge is 0.229 e. The normalized spacial score (nSPS) is 17.8. The van der Waals surface area contributed by atoms with Crippen molar-refractivity contribution in [2.24, 2.45) is 5.92 Å². The van der Waals surface area contributed by atoms with Gasteiger partial charge in [-0.3, -0.25) is 9.89 Å². The topological polar surface area (TPSA) is 57.8 Å². The molecule has 0 saturated heterocycles. The number of aromatic nitrogens is 2. The van der Waals surface area contributed by atoms with Gasteiger partial charge in [0.2, 0.25) is 5.91 Å². The summed E-state index contributed by atoms with van der Waals surface area (Å²) < 4.78 is 0. The van der Waals surface area contributed by atoms with Crippen LogP contribution in [0.2, 0.25) is 0 Å². The molecule has 0 atom stereocenters. The number of fused-ring (bicyclic) bond motifs is 1. The molecule has 1 heterocycles. The summed E-state index contributed by atoms with van der Waals surface area (Å²) in [6.45, 7) is 2.04. The molecule has 0 spiro atoms. The average molecular weight is 281 g/mol. The Labute approximate surface area is 124 Å². The van der Waals surface area contributed by atoms with Gasteiger partial charge in [-0.1, -0.05) is 24.3 Å². The summed E-state index contributed by atoms with van der Waals surface area (Å²) in [5.74, 6) is 1.45. The Bertz CT molecular complexity index is 675. The van der Waals surface area contributed by atoms with Crippen LogP contribution in [-0.4, -0.2) is 16.1 Å². The lowest BCUT2D eigenvalue weighted by molar-refractivity contribution is -0.119. The van der Waals surface area contributed by atoms with Gasteiger partial charge in [0.05, 0.1) is 0 Å². The van der Waals surface area contributed by atoms with Gasteiger partial charge in [0.25, 0.3) is 0 Å². The zero-order valence-electron chi connectivity index (χ0n) is 12.1. The van der Waals surface area contributed by atoms with E-state index in [1.54, 1.807) is 0 Å². The minimum Gasteiger partial charge on any atom is -0.309 e. The van der Waals surface area contributed by atoms with Crippen LogP contribution in [0.1, 0.15) is 41.1 Å². The summed E-state index contributed by atoms with van der Waals surface area (Å²) in [6.07, 6.45) is 4.13. The second-order valence-electron chi connectivity index (χ2n) is 6.25. The van der Waals surface area contributed by atoms with Crippen molar-refractivity contribution in [2.45, 2.75) is 38.5 Å². The highest BCUT2D eigenvalue weighted by Gasteiger charge is 2.30. The maximum absolute atomic E-state index is 12.5. The van der Waals surface area contributed by atoms with E-state index in [4.69, 9.17) is 0 Å². The molecule has 4 rings (SSSR count). The number of benzene rings is 1. The van der Waals surface area contributed by atoms with Crippen molar-refractivity contribution in [3.63, 3.8) is 0 Å². The lowest BCUT2D eigenvalue weighted by Crippen LogP contribution is -2.23. The van der Waals surface area contributed by atoms with Gasteiger partial charge in [0.1, 0.15) is 0 Å². The molecule has 1 aromatic heterocycles. The average Bonchev–Trinajstić information content (AvgIpc) is 3.13. The largest absolute Gasteiger partial charge is 0.309 e. The summed E-state index contributed by atoms with van der Waals surface area (Å²) in [7, 11) is 0. The minimum absolute atomic E-state index is 0.0304. The van der Waals surface area contributed by atoms with E-state index in [2.05, 4.69) is 27.6 Å². The van der Waals surface area contributed by atoms with Gasteiger partial charge in [0.15, 0.2) is 5.82 Å². The van der Waals surface area contributed by atoms with Gasteiger partial charge in [-0.25, -0.2) is 0 Å². The van der Waals surface area contributed by atoms with Crippen LogP contribution in [0.15, 0.2) is 24.3 Å². The van der Waals surface area contributed by atoms with Gasteiger partial charge in [0, 0.05) is 23.1 Å². The number of nitrogens with zero attached hydrogens (tertiary/aromatic N) is 1. The fourth-order valence-corrected chi connectivity index (χ4v) is 3.27. The number of hydrogen-bond acceptors (Lipinski definition) is 2. The molecular formula is C17H19N3O. The van der Waals surface area contributed by atoms with Crippen molar-refractivity contribution in [1.82, 2.24) is 10.2 Å². The molecule has 0 radical (unpaired) electrons. The molecule has 2 aromatic rings. The van der Waals surface area contributed by atoms with Gasteiger partial charge in [-0.05, 0) is 43.7 Å². The quantitative estimate of drug-likeness (QED) is 0.908. The molecule has 0 bridgehead atoms. The second kappa shape index (κ2) is 4.72. The van der Waals surface area contributed by atoms with Crippen LogP contribution in [0.4, 0.5) is 5.82 Å². The van der Waals surface area contributed by atoms with E-state index in [1.165, 1.54) is 29.7 Å². The third-order valence-corrected chi connectivity index (χ3v) is 4.70. The number of carbonyl (C=O) groups excluding carboxylic acids is 1. The van der Waals surface area contributed by atoms with E-state index in [0.717, 1.165) is 18.4 Å². The summed E-state index contributed by atoms with van der Waals surface area (Å²) in [5.41, 5.74) is 4.89. The molecule has 0 unspecified atom stereocenters. The third kappa shape index (κ3) is 2.24. The lowest BCUT2D eigenvalue weighted by atomic mass is 10.1. The highest BCUT2D eigenvalue weighted by molar-refractivity contribution is 5.93. The molecule has 4 nitrogen and oxygen atoms in total. The van der Waals surface area contributed by atoms with Crippen molar-refractivity contribution in [1.29, 1.82) is 0 Å². The molecule has 2 aliphatic carbocycles. The van der Waals surface area contributed by atoms with Crippen molar-refractivity contribution in [2.75, 3.05) is 5.32 Å². The summed E-state index contributed by atoms with van der Waals surface area (Å²) in [6, 6.07) is 8.32. The van der Waals surface area contributed by atoms with Gasteiger partial charge in [-0.15, -0.1) is 0 Å². The predicted octanol–water partition coefficient (Wildman–Crippen LogP) is 2.95. The number of amides is 1. The molecule has 21 heavy (non-hydrogen) atoms. The first kappa shape index (κ1) is 12.6. The number of aromatic amines is 1.